The van der Waals surface area contributed by atoms with Crippen molar-refractivity contribution in [2.75, 3.05) is 7.05 Å². The summed E-state index contributed by atoms with van der Waals surface area (Å²) >= 11 is 0. The molecule has 0 fully saturated rings. The first-order valence-corrected chi connectivity index (χ1v) is 9.94. The van der Waals surface area contributed by atoms with E-state index in [1.54, 1.807) is 23.7 Å². The highest BCUT2D eigenvalue weighted by Crippen LogP contribution is 2.09. The van der Waals surface area contributed by atoms with Crippen LogP contribution in [0.2, 0.25) is 0 Å². The molecule has 0 unspecified atom stereocenters. The van der Waals surface area contributed by atoms with Gasteiger partial charge in [-0.1, -0.05) is 61.5 Å². The summed E-state index contributed by atoms with van der Waals surface area (Å²) in [6.07, 6.45) is 2.83. The maximum Gasteiger partial charge on any atom is 0.250 e. The lowest BCUT2D eigenvalue weighted by molar-refractivity contribution is 0.758. The van der Waals surface area contributed by atoms with Crippen LogP contribution < -0.4 is 16.2 Å². The van der Waals surface area contributed by atoms with Crippen LogP contribution in [-0.2, 0) is 26.1 Å². The van der Waals surface area contributed by atoms with E-state index in [0.29, 0.717) is 13.1 Å². The zero-order chi connectivity index (χ0) is 20.5. The highest BCUT2D eigenvalue weighted by molar-refractivity contribution is 5.79. The predicted molar refractivity (Wildman–Crippen MR) is 119 cm³/mol. The number of hydrogen-bond acceptors (Lipinski definition) is 2. The normalized spacial score (nSPS) is 11.3. The summed E-state index contributed by atoms with van der Waals surface area (Å²) in [6.45, 7) is 4.17. The summed E-state index contributed by atoms with van der Waals surface area (Å²) in [5.74, 6) is 0.774. The first-order chi connectivity index (χ1) is 14.2. The molecule has 1 heterocycles. The maximum absolute atomic E-state index is 11.8. The molecule has 3 rings (SSSR count). The van der Waals surface area contributed by atoms with Gasteiger partial charge in [-0.2, -0.15) is 0 Å². The zero-order valence-electron chi connectivity index (χ0n) is 17.1. The molecule has 150 valence electrons. The third-order valence-corrected chi connectivity index (χ3v) is 4.90. The van der Waals surface area contributed by atoms with E-state index < -0.39 is 0 Å². The Hall–Kier alpha value is -3.34. The van der Waals surface area contributed by atoms with Gasteiger partial charge in [-0.15, -0.1) is 0 Å². The molecule has 0 bridgehead atoms. The fraction of sp³-hybridized carbons (Fsp3) is 0.250. The van der Waals surface area contributed by atoms with Crippen molar-refractivity contribution in [3.05, 3.63) is 106 Å². The van der Waals surface area contributed by atoms with Crippen molar-refractivity contribution in [2.24, 2.45) is 4.99 Å². The molecule has 0 aliphatic rings. The van der Waals surface area contributed by atoms with Gasteiger partial charge in [-0.25, -0.2) is 0 Å². The second-order valence-corrected chi connectivity index (χ2v) is 6.88. The summed E-state index contributed by atoms with van der Waals surface area (Å²) in [4.78, 5) is 16.2. The lowest BCUT2D eigenvalue weighted by Gasteiger charge is -2.14. The lowest BCUT2D eigenvalue weighted by atomic mass is 10.1. The SMILES string of the molecule is CCc1ccccc1CNC(=NC)NCc1ccc(Cn2ccccc2=O)cc1. The van der Waals surface area contributed by atoms with E-state index in [0.717, 1.165) is 30.1 Å². The smallest absolute Gasteiger partial charge is 0.250 e. The molecule has 5 nitrogen and oxygen atoms in total. The molecule has 0 aliphatic heterocycles. The molecule has 29 heavy (non-hydrogen) atoms. The van der Waals surface area contributed by atoms with Crippen LogP contribution in [-0.4, -0.2) is 17.6 Å². The van der Waals surface area contributed by atoms with Crippen LogP contribution in [0.4, 0.5) is 0 Å². The van der Waals surface area contributed by atoms with Gasteiger partial charge in [0.25, 0.3) is 5.56 Å². The second-order valence-electron chi connectivity index (χ2n) is 6.88. The molecular formula is C24H28N4O. The molecular weight excluding hydrogens is 360 g/mol. The Kier molecular flexibility index (Phi) is 7.22. The minimum absolute atomic E-state index is 0.0118. The van der Waals surface area contributed by atoms with Gasteiger partial charge in [0, 0.05) is 32.4 Å². The molecule has 5 heteroatoms. The molecule has 0 atom stereocenters. The summed E-state index contributed by atoms with van der Waals surface area (Å²) < 4.78 is 1.70. The highest BCUT2D eigenvalue weighted by atomic mass is 16.1. The van der Waals surface area contributed by atoms with E-state index in [-0.39, 0.29) is 5.56 Å². The molecule has 0 radical (unpaired) electrons. The van der Waals surface area contributed by atoms with Crippen LogP contribution in [0, 0.1) is 0 Å². The molecule has 2 N–H and O–H groups in total. The van der Waals surface area contributed by atoms with Crippen molar-refractivity contribution in [3.63, 3.8) is 0 Å². The van der Waals surface area contributed by atoms with E-state index in [4.69, 9.17) is 0 Å². The average molecular weight is 389 g/mol. The van der Waals surface area contributed by atoms with Crippen LogP contribution in [0.1, 0.15) is 29.2 Å². The van der Waals surface area contributed by atoms with Crippen molar-refractivity contribution < 1.29 is 0 Å². The van der Waals surface area contributed by atoms with E-state index in [1.165, 1.54) is 11.1 Å². The number of hydrogen-bond donors (Lipinski definition) is 2. The summed E-state index contributed by atoms with van der Waals surface area (Å²) in [5, 5.41) is 6.74. The van der Waals surface area contributed by atoms with Gasteiger partial charge in [0.05, 0.1) is 6.54 Å². The van der Waals surface area contributed by atoms with E-state index in [2.05, 4.69) is 71.1 Å². The molecule has 2 aromatic carbocycles. The topological polar surface area (TPSA) is 58.4 Å². The third-order valence-electron chi connectivity index (χ3n) is 4.90. The number of aromatic nitrogens is 1. The Morgan fingerprint density at radius 2 is 1.52 bits per heavy atom. The van der Waals surface area contributed by atoms with Gasteiger partial charge < -0.3 is 15.2 Å². The first kappa shape index (κ1) is 20.4. The molecule has 3 aromatic rings. The fourth-order valence-electron chi connectivity index (χ4n) is 3.21. The molecule has 0 aliphatic carbocycles. The first-order valence-electron chi connectivity index (χ1n) is 9.94. The monoisotopic (exact) mass is 388 g/mol. The molecule has 1 aromatic heterocycles. The Morgan fingerprint density at radius 3 is 2.21 bits per heavy atom. The Labute approximate surface area is 172 Å². The van der Waals surface area contributed by atoms with Crippen molar-refractivity contribution >= 4 is 5.96 Å². The molecule has 0 spiro atoms. The number of benzene rings is 2. The third kappa shape index (κ3) is 5.82. The van der Waals surface area contributed by atoms with Crippen molar-refractivity contribution in [2.45, 2.75) is 33.0 Å². The number of aryl methyl sites for hydroxylation is 1. The van der Waals surface area contributed by atoms with Crippen LogP contribution in [0.25, 0.3) is 0 Å². The van der Waals surface area contributed by atoms with Crippen molar-refractivity contribution in [1.29, 1.82) is 0 Å². The van der Waals surface area contributed by atoms with Crippen molar-refractivity contribution in [3.8, 4) is 0 Å². The van der Waals surface area contributed by atoms with Gasteiger partial charge >= 0.3 is 0 Å². The summed E-state index contributed by atoms with van der Waals surface area (Å²) in [5.41, 5.74) is 4.91. The number of rotatable bonds is 7. The predicted octanol–water partition coefficient (Wildman–Crippen LogP) is 3.32. The van der Waals surface area contributed by atoms with Gasteiger partial charge in [-0.05, 0) is 34.7 Å². The largest absolute Gasteiger partial charge is 0.352 e. The van der Waals surface area contributed by atoms with Crippen LogP contribution in [0.5, 0.6) is 0 Å². The van der Waals surface area contributed by atoms with Crippen LogP contribution in [0.3, 0.4) is 0 Å². The summed E-state index contributed by atoms with van der Waals surface area (Å²) in [6, 6.07) is 21.9. The second kappa shape index (κ2) is 10.3. The van der Waals surface area contributed by atoms with Gasteiger partial charge in [-0.3, -0.25) is 9.79 Å². The summed E-state index contributed by atoms with van der Waals surface area (Å²) in [7, 11) is 1.78. The minimum atomic E-state index is 0.0118. The molecule has 0 amide bonds. The Balaban J connectivity index is 1.53. The number of pyridine rings is 1. The van der Waals surface area contributed by atoms with E-state index in [1.807, 2.05) is 12.3 Å². The molecule has 0 saturated heterocycles. The van der Waals surface area contributed by atoms with E-state index >= 15 is 0 Å². The standard InChI is InChI=1S/C24H28N4O/c1-3-21-8-4-5-9-22(21)17-27-24(25-2)26-16-19-11-13-20(14-12-19)18-28-15-7-6-10-23(28)29/h4-15H,3,16-18H2,1-2H3,(H2,25,26,27). The number of nitrogens with zero attached hydrogens (tertiary/aromatic N) is 2. The number of guanidine groups is 1. The van der Waals surface area contributed by atoms with Crippen LogP contribution in [0.15, 0.2) is 82.7 Å². The Morgan fingerprint density at radius 1 is 0.862 bits per heavy atom. The Bertz CT molecular complexity index is 1010. The van der Waals surface area contributed by atoms with Crippen molar-refractivity contribution in [1.82, 2.24) is 15.2 Å². The fourth-order valence-corrected chi connectivity index (χ4v) is 3.21. The van der Waals surface area contributed by atoms with Gasteiger partial charge in [0.1, 0.15) is 0 Å². The zero-order valence-corrected chi connectivity index (χ0v) is 17.1. The quantitative estimate of drug-likeness (QED) is 0.482. The van der Waals surface area contributed by atoms with Gasteiger partial charge in [0.15, 0.2) is 5.96 Å². The molecule has 0 saturated carbocycles. The highest BCUT2D eigenvalue weighted by Gasteiger charge is 2.03. The number of aliphatic imine (C=N–C) groups is 1. The number of nitrogens with one attached hydrogen (secondary N) is 2. The maximum atomic E-state index is 11.8. The average Bonchev–Trinajstić information content (AvgIpc) is 2.76. The minimum Gasteiger partial charge on any atom is -0.352 e. The van der Waals surface area contributed by atoms with E-state index in [9.17, 15) is 4.79 Å². The van der Waals surface area contributed by atoms with Crippen LogP contribution >= 0.6 is 0 Å². The lowest BCUT2D eigenvalue weighted by Crippen LogP contribution is -2.36. The van der Waals surface area contributed by atoms with Gasteiger partial charge in [0.2, 0.25) is 0 Å².